The zero-order chi connectivity index (χ0) is 13.9. The van der Waals surface area contributed by atoms with E-state index in [9.17, 15) is 0 Å². The molecule has 0 saturated heterocycles. The topological polar surface area (TPSA) is 30.5 Å². The molecule has 1 atom stereocenters. The van der Waals surface area contributed by atoms with Crippen molar-refractivity contribution in [2.45, 2.75) is 19.4 Å². The van der Waals surface area contributed by atoms with Crippen LogP contribution in [0.2, 0.25) is 0 Å². The number of nitrogens with one attached hydrogen (secondary N) is 1. The molecule has 3 rings (SSSR count). The molecule has 0 aliphatic carbocycles. The van der Waals surface area contributed by atoms with Gasteiger partial charge in [-0.2, -0.15) is 0 Å². The SMILES string of the molecule is CCOc1ccc2c(c1)CC(c1ccccc1OC)N2. The van der Waals surface area contributed by atoms with Crippen LogP contribution in [0.25, 0.3) is 0 Å². The van der Waals surface area contributed by atoms with Crippen LogP contribution in [0.4, 0.5) is 5.69 Å². The molecule has 20 heavy (non-hydrogen) atoms. The molecule has 2 aromatic carbocycles. The van der Waals surface area contributed by atoms with Crippen molar-refractivity contribution in [3.63, 3.8) is 0 Å². The highest BCUT2D eigenvalue weighted by Gasteiger charge is 2.24. The second-order valence-corrected chi connectivity index (χ2v) is 4.89. The van der Waals surface area contributed by atoms with E-state index in [2.05, 4.69) is 23.5 Å². The van der Waals surface area contributed by atoms with Crippen molar-refractivity contribution >= 4 is 5.69 Å². The molecule has 1 unspecified atom stereocenters. The number of rotatable bonds is 4. The van der Waals surface area contributed by atoms with E-state index in [1.54, 1.807) is 7.11 Å². The Hall–Kier alpha value is -2.16. The van der Waals surface area contributed by atoms with Crippen molar-refractivity contribution in [1.82, 2.24) is 0 Å². The molecule has 0 spiro atoms. The van der Waals surface area contributed by atoms with Gasteiger partial charge in [-0.3, -0.25) is 0 Å². The van der Waals surface area contributed by atoms with E-state index in [0.717, 1.165) is 17.9 Å². The van der Waals surface area contributed by atoms with Gasteiger partial charge in [-0.05, 0) is 43.2 Å². The number of benzene rings is 2. The molecule has 1 heterocycles. The number of para-hydroxylation sites is 1. The van der Waals surface area contributed by atoms with E-state index >= 15 is 0 Å². The summed E-state index contributed by atoms with van der Waals surface area (Å²) in [5, 5.41) is 3.56. The van der Waals surface area contributed by atoms with Crippen LogP contribution in [0.15, 0.2) is 42.5 Å². The highest BCUT2D eigenvalue weighted by molar-refractivity contribution is 5.61. The van der Waals surface area contributed by atoms with Crippen LogP contribution in [0.3, 0.4) is 0 Å². The summed E-state index contributed by atoms with van der Waals surface area (Å²) in [6.07, 6.45) is 0.955. The van der Waals surface area contributed by atoms with Gasteiger partial charge < -0.3 is 14.8 Å². The Labute approximate surface area is 119 Å². The Morgan fingerprint density at radius 1 is 1.20 bits per heavy atom. The summed E-state index contributed by atoms with van der Waals surface area (Å²) in [6, 6.07) is 14.7. The highest BCUT2D eigenvalue weighted by Crippen LogP contribution is 2.38. The van der Waals surface area contributed by atoms with Gasteiger partial charge in [-0.1, -0.05) is 18.2 Å². The van der Waals surface area contributed by atoms with Gasteiger partial charge >= 0.3 is 0 Å². The number of anilines is 1. The lowest BCUT2D eigenvalue weighted by atomic mass is 10.0. The molecule has 1 N–H and O–H groups in total. The maximum absolute atomic E-state index is 5.56. The molecule has 1 aliphatic rings. The fraction of sp³-hybridized carbons (Fsp3) is 0.294. The minimum absolute atomic E-state index is 0.262. The van der Waals surface area contributed by atoms with Gasteiger partial charge in [0.2, 0.25) is 0 Å². The van der Waals surface area contributed by atoms with E-state index in [4.69, 9.17) is 9.47 Å². The molecule has 0 aromatic heterocycles. The predicted octanol–water partition coefficient (Wildman–Crippen LogP) is 3.80. The van der Waals surface area contributed by atoms with Crippen molar-refractivity contribution in [2.75, 3.05) is 19.0 Å². The molecule has 0 fully saturated rings. The fourth-order valence-electron chi connectivity index (χ4n) is 2.74. The lowest BCUT2D eigenvalue weighted by Crippen LogP contribution is -2.07. The van der Waals surface area contributed by atoms with Crippen LogP contribution in [-0.2, 0) is 6.42 Å². The van der Waals surface area contributed by atoms with E-state index in [0.29, 0.717) is 6.61 Å². The first-order valence-electron chi connectivity index (χ1n) is 6.97. The van der Waals surface area contributed by atoms with E-state index in [1.807, 2.05) is 31.2 Å². The lowest BCUT2D eigenvalue weighted by Gasteiger charge is -2.15. The average molecular weight is 269 g/mol. The third-order valence-corrected chi connectivity index (χ3v) is 3.66. The molecule has 3 nitrogen and oxygen atoms in total. The summed E-state index contributed by atoms with van der Waals surface area (Å²) in [7, 11) is 1.72. The summed E-state index contributed by atoms with van der Waals surface area (Å²) in [5.74, 6) is 1.87. The fourth-order valence-corrected chi connectivity index (χ4v) is 2.74. The summed E-state index contributed by atoms with van der Waals surface area (Å²) in [6.45, 7) is 2.70. The number of hydrogen-bond donors (Lipinski definition) is 1. The molecule has 2 aromatic rings. The first kappa shape index (κ1) is 12.9. The molecule has 0 bridgehead atoms. The zero-order valence-electron chi connectivity index (χ0n) is 11.8. The highest BCUT2D eigenvalue weighted by atomic mass is 16.5. The molecule has 104 valence electrons. The second-order valence-electron chi connectivity index (χ2n) is 4.89. The maximum atomic E-state index is 5.56. The van der Waals surface area contributed by atoms with Crippen LogP contribution in [0.5, 0.6) is 11.5 Å². The van der Waals surface area contributed by atoms with E-state index in [1.165, 1.54) is 16.8 Å². The number of ether oxygens (including phenoxy) is 2. The summed E-state index contributed by atoms with van der Waals surface area (Å²) < 4.78 is 11.0. The molecular formula is C17H19NO2. The third kappa shape index (κ3) is 2.31. The Bertz CT molecular complexity index is 610. The minimum Gasteiger partial charge on any atom is -0.496 e. The predicted molar refractivity (Wildman–Crippen MR) is 80.7 cm³/mol. The molecule has 3 heteroatoms. The van der Waals surface area contributed by atoms with E-state index < -0.39 is 0 Å². The molecule has 0 saturated carbocycles. The molecule has 0 radical (unpaired) electrons. The van der Waals surface area contributed by atoms with Gasteiger partial charge in [0.25, 0.3) is 0 Å². The van der Waals surface area contributed by atoms with Crippen LogP contribution >= 0.6 is 0 Å². The maximum Gasteiger partial charge on any atom is 0.124 e. The van der Waals surface area contributed by atoms with Crippen molar-refractivity contribution in [3.05, 3.63) is 53.6 Å². The number of hydrogen-bond acceptors (Lipinski definition) is 3. The van der Waals surface area contributed by atoms with Gasteiger partial charge in [0.15, 0.2) is 0 Å². The largest absolute Gasteiger partial charge is 0.496 e. The Balaban J connectivity index is 1.86. The van der Waals surface area contributed by atoms with Gasteiger partial charge in [0.05, 0.1) is 19.8 Å². The Morgan fingerprint density at radius 3 is 2.85 bits per heavy atom. The average Bonchev–Trinajstić information content (AvgIpc) is 2.90. The molecular weight excluding hydrogens is 250 g/mol. The first-order chi connectivity index (χ1) is 9.81. The number of fused-ring (bicyclic) bond motifs is 1. The van der Waals surface area contributed by atoms with Crippen molar-refractivity contribution in [1.29, 1.82) is 0 Å². The van der Waals surface area contributed by atoms with Crippen LogP contribution in [0.1, 0.15) is 24.1 Å². The summed E-state index contributed by atoms with van der Waals surface area (Å²) in [5.41, 5.74) is 3.68. The third-order valence-electron chi connectivity index (χ3n) is 3.66. The minimum atomic E-state index is 0.262. The van der Waals surface area contributed by atoms with Gasteiger partial charge in [-0.25, -0.2) is 0 Å². The van der Waals surface area contributed by atoms with Crippen molar-refractivity contribution < 1.29 is 9.47 Å². The lowest BCUT2D eigenvalue weighted by molar-refractivity contribution is 0.340. The number of methoxy groups -OCH3 is 1. The van der Waals surface area contributed by atoms with Gasteiger partial charge in [-0.15, -0.1) is 0 Å². The van der Waals surface area contributed by atoms with E-state index in [-0.39, 0.29) is 6.04 Å². The summed E-state index contributed by atoms with van der Waals surface area (Å²) >= 11 is 0. The zero-order valence-corrected chi connectivity index (χ0v) is 11.8. The Morgan fingerprint density at radius 2 is 2.05 bits per heavy atom. The van der Waals surface area contributed by atoms with Crippen LogP contribution in [-0.4, -0.2) is 13.7 Å². The monoisotopic (exact) mass is 269 g/mol. The summed E-state index contributed by atoms with van der Waals surface area (Å²) in [4.78, 5) is 0. The Kier molecular flexibility index (Phi) is 3.50. The normalized spacial score (nSPS) is 16.4. The van der Waals surface area contributed by atoms with Gasteiger partial charge in [0.1, 0.15) is 11.5 Å². The molecule has 0 amide bonds. The van der Waals surface area contributed by atoms with Crippen LogP contribution in [0, 0.1) is 0 Å². The van der Waals surface area contributed by atoms with Crippen LogP contribution < -0.4 is 14.8 Å². The first-order valence-corrected chi connectivity index (χ1v) is 6.97. The second kappa shape index (κ2) is 5.45. The standard InChI is InChI=1S/C17H19NO2/c1-3-20-13-8-9-15-12(10-13)11-16(18-15)14-6-4-5-7-17(14)19-2/h4-10,16,18H,3,11H2,1-2H3. The van der Waals surface area contributed by atoms with Crippen molar-refractivity contribution in [3.8, 4) is 11.5 Å². The van der Waals surface area contributed by atoms with Gasteiger partial charge in [0, 0.05) is 11.3 Å². The quantitative estimate of drug-likeness (QED) is 0.915. The van der Waals surface area contributed by atoms with Crippen molar-refractivity contribution in [2.24, 2.45) is 0 Å². The smallest absolute Gasteiger partial charge is 0.124 e. The molecule has 1 aliphatic heterocycles.